The average molecular weight is 456 g/mol. The highest BCUT2D eigenvalue weighted by molar-refractivity contribution is 9.10. The van der Waals surface area contributed by atoms with Crippen LogP contribution in [0.5, 0.6) is 0 Å². The minimum Gasteiger partial charge on any atom is -0.355 e. The minimum atomic E-state index is -0.336. The highest BCUT2D eigenvalue weighted by Gasteiger charge is 2.28. The first-order valence-corrected chi connectivity index (χ1v) is 10.5. The number of amides is 2. The molecule has 0 unspecified atom stereocenters. The normalized spacial score (nSPS) is 15.8. The Morgan fingerprint density at radius 1 is 1.29 bits per heavy atom. The second-order valence-corrected chi connectivity index (χ2v) is 9.55. The molecule has 28 heavy (non-hydrogen) atoms. The van der Waals surface area contributed by atoms with Crippen LogP contribution in [0.2, 0.25) is 0 Å². The zero-order valence-corrected chi connectivity index (χ0v) is 18.8. The maximum absolute atomic E-state index is 13.3. The number of likely N-dealkylation sites (tertiary alicyclic amines) is 1. The Morgan fingerprint density at radius 3 is 2.50 bits per heavy atom. The van der Waals surface area contributed by atoms with Crippen LogP contribution < -0.4 is 5.32 Å². The Morgan fingerprint density at radius 2 is 1.93 bits per heavy atom. The summed E-state index contributed by atoms with van der Waals surface area (Å²) in [4.78, 5) is 28.9. The molecule has 0 saturated carbocycles. The molecule has 2 rings (SSSR count). The predicted octanol–water partition coefficient (Wildman–Crippen LogP) is 3.07. The highest BCUT2D eigenvalue weighted by Crippen LogP contribution is 2.21. The molecule has 1 aliphatic heterocycles. The molecule has 1 saturated heterocycles. The fraction of sp³-hybridized carbons (Fsp3) is 0.619. The number of hydrogen-bond donors (Lipinski definition) is 1. The van der Waals surface area contributed by atoms with Crippen molar-refractivity contribution in [2.24, 2.45) is 11.3 Å². The molecule has 1 heterocycles. The quantitative estimate of drug-likeness (QED) is 0.687. The first-order valence-electron chi connectivity index (χ1n) is 9.71. The van der Waals surface area contributed by atoms with Crippen molar-refractivity contribution in [3.05, 3.63) is 34.1 Å². The van der Waals surface area contributed by atoms with Gasteiger partial charge in [0.15, 0.2) is 0 Å². The van der Waals surface area contributed by atoms with Crippen molar-refractivity contribution in [3.8, 4) is 0 Å². The van der Waals surface area contributed by atoms with Gasteiger partial charge in [-0.25, -0.2) is 4.39 Å². The lowest BCUT2D eigenvalue weighted by Crippen LogP contribution is -2.46. The monoisotopic (exact) mass is 455 g/mol. The van der Waals surface area contributed by atoms with Crippen LogP contribution in [0.1, 0.15) is 32.3 Å². The van der Waals surface area contributed by atoms with Gasteiger partial charge in [-0.2, -0.15) is 0 Å². The van der Waals surface area contributed by atoms with E-state index in [1.807, 2.05) is 14.1 Å². The molecule has 1 aliphatic rings. The summed E-state index contributed by atoms with van der Waals surface area (Å²) in [5.74, 6) is -0.276. The molecule has 0 spiro atoms. The van der Waals surface area contributed by atoms with Crippen LogP contribution in [0.15, 0.2) is 22.7 Å². The van der Waals surface area contributed by atoms with Gasteiger partial charge in [0, 0.05) is 32.1 Å². The molecule has 0 atom stereocenters. The molecule has 0 bridgehead atoms. The number of rotatable bonds is 7. The molecule has 0 radical (unpaired) electrons. The fourth-order valence-electron chi connectivity index (χ4n) is 3.71. The molecule has 7 heteroatoms. The molecule has 0 aliphatic carbocycles. The van der Waals surface area contributed by atoms with Gasteiger partial charge in [-0.05, 0) is 66.0 Å². The van der Waals surface area contributed by atoms with Gasteiger partial charge >= 0.3 is 0 Å². The zero-order chi connectivity index (χ0) is 20.9. The van der Waals surface area contributed by atoms with E-state index in [4.69, 9.17) is 0 Å². The van der Waals surface area contributed by atoms with Crippen LogP contribution in [-0.2, 0) is 16.0 Å². The van der Waals surface area contributed by atoms with Crippen LogP contribution in [0.4, 0.5) is 4.39 Å². The van der Waals surface area contributed by atoms with E-state index < -0.39 is 0 Å². The van der Waals surface area contributed by atoms with Crippen molar-refractivity contribution in [1.29, 1.82) is 0 Å². The van der Waals surface area contributed by atoms with Crippen molar-refractivity contribution < 1.29 is 14.0 Å². The van der Waals surface area contributed by atoms with E-state index >= 15 is 0 Å². The summed E-state index contributed by atoms with van der Waals surface area (Å²) in [6.07, 6.45) is 1.60. The average Bonchev–Trinajstić information content (AvgIpc) is 2.62. The van der Waals surface area contributed by atoms with Gasteiger partial charge in [0.2, 0.25) is 11.8 Å². The topological polar surface area (TPSA) is 52.7 Å². The summed E-state index contributed by atoms with van der Waals surface area (Å²) in [6, 6.07) is 4.64. The van der Waals surface area contributed by atoms with E-state index in [0.717, 1.165) is 12.1 Å². The van der Waals surface area contributed by atoms with E-state index in [2.05, 4.69) is 40.0 Å². The zero-order valence-electron chi connectivity index (χ0n) is 17.2. The number of nitrogens with one attached hydrogen (secondary N) is 1. The van der Waals surface area contributed by atoms with E-state index in [1.54, 1.807) is 17.0 Å². The number of halogens is 2. The van der Waals surface area contributed by atoms with Gasteiger partial charge in [0.05, 0.1) is 10.9 Å². The summed E-state index contributed by atoms with van der Waals surface area (Å²) in [5.41, 5.74) is 0.792. The smallest absolute Gasteiger partial charge is 0.226 e. The van der Waals surface area contributed by atoms with Gasteiger partial charge in [0.25, 0.3) is 0 Å². The summed E-state index contributed by atoms with van der Waals surface area (Å²) >= 11 is 3.15. The van der Waals surface area contributed by atoms with Crippen molar-refractivity contribution in [2.75, 3.05) is 40.3 Å². The molecule has 156 valence electrons. The molecule has 0 aromatic heterocycles. The van der Waals surface area contributed by atoms with Crippen LogP contribution in [0, 0.1) is 17.2 Å². The third-order valence-corrected chi connectivity index (χ3v) is 5.65. The van der Waals surface area contributed by atoms with E-state index in [1.165, 1.54) is 6.07 Å². The molecule has 5 nitrogen and oxygen atoms in total. The lowest BCUT2D eigenvalue weighted by atomic mass is 9.91. The first-order chi connectivity index (χ1) is 13.1. The fourth-order valence-corrected chi connectivity index (χ4v) is 4.14. The number of nitrogens with zero attached hydrogens (tertiary/aromatic N) is 2. The van der Waals surface area contributed by atoms with E-state index in [0.29, 0.717) is 36.9 Å². The molecular weight excluding hydrogens is 425 g/mol. The van der Waals surface area contributed by atoms with Crippen LogP contribution in [0.25, 0.3) is 0 Å². The molecule has 2 amide bonds. The Kier molecular flexibility index (Phi) is 8.01. The van der Waals surface area contributed by atoms with Crippen LogP contribution in [0.3, 0.4) is 0 Å². The van der Waals surface area contributed by atoms with Crippen molar-refractivity contribution in [1.82, 2.24) is 15.1 Å². The number of benzene rings is 1. The van der Waals surface area contributed by atoms with E-state index in [-0.39, 0.29) is 35.4 Å². The molecule has 1 aromatic carbocycles. The van der Waals surface area contributed by atoms with Gasteiger partial charge in [-0.1, -0.05) is 19.9 Å². The second-order valence-electron chi connectivity index (χ2n) is 8.70. The van der Waals surface area contributed by atoms with Crippen LogP contribution >= 0.6 is 15.9 Å². The highest BCUT2D eigenvalue weighted by atomic mass is 79.9. The summed E-state index contributed by atoms with van der Waals surface area (Å²) in [7, 11) is 4.06. The Hall–Kier alpha value is -1.47. The molecule has 1 aromatic rings. The van der Waals surface area contributed by atoms with E-state index in [9.17, 15) is 14.0 Å². The van der Waals surface area contributed by atoms with Crippen LogP contribution in [-0.4, -0.2) is 61.9 Å². The summed E-state index contributed by atoms with van der Waals surface area (Å²) in [6.45, 7) is 6.99. The number of piperidine rings is 1. The first kappa shape index (κ1) is 22.8. The van der Waals surface area contributed by atoms with Crippen molar-refractivity contribution in [2.45, 2.75) is 33.1 Å². The number of carbonyl (C=O) groups excluding carboxylic acids is 2. The largest absolute Gasteiger partial charge is 0.355 e. The maximum atomic E-state index is 13.3. The lowest BCUT2D eigenvalue weighted by molar-refractivity contribution is -0.135. The Balaban J connectivity index is 1.79. The molecule has 1 fully saturated rings. The standard InChI is InChI=1S/C21H31BrFN3O2/c1-21(2,14-25(3)4)13-24-20(28)16-7-9-26(10-8-16)19(27)12-15-5-6-18(23)17(22)11-15/h5-6,11,16H,7-10,12-14H2,1-4H3,(H,24,28). The summed E-state index contributed by atoms with van der Waals surface area (Å²) in [5, 5.41) is 3.08. The van der Waals surface area contributed by atoms with Crippen molar-refractivity contribution in [3.63, 3.8) is 0 Å². The maximum Gasteiger partial charge on any atom is 0.226 e. The van der Waals surface area contributed by atoms with Gasteiger partial charge in [-0.15, -0.1) is 0 Å². The minimum absolute atomic E-state index is 0.0132. The number of carbonyl (C=O) groups is 2. The summed E-state index contributed by atoms with van der Waals surface area (Å²) < 4.78 is 13.7. The lowest BCUT2D eigenvalue weighted by Gasteiger charge is -2.33. The third-order valence-electron chi connectivity index (χ3n) is 5.04. The van der Waals surface area contributed by atoms with Gasteiger partial charge < -0.3 is 15.1 Å². The SMILES string of the molecule is CN(C)CC(C)(C)CNC(=O)C1CCN(C(=O)Cc2ccc(F)c(Br)c2)CC1. The Labute approximate surface area is 175 Å². The second kappa shape index (κ2) is 9.83. The Bertz CT molecular complexity index is 701. The van der Waals surface area contributed by atoms with Gasteiger partial charge in [0.1, 0.15) is 5.82 Å². The number of hydrogen-bond acceptors (Lipinski definition) is 3. The predicted molar refractivity (Wildman–Crippen MR) is 112 cm³/mol. The van der Waals surface area contributed by atoms with Gasteiger partial charge in [-0.3, -0.25) is 9.59 Å². The molecule has 1 N–H and O–H groups in total. The third kappa shape index (κ3) is 6.85. The molecular formula is C21H31BrFN3O2. The van der Waals surface area contributed by atoms with Crippen molar-refractivity contribution >= 4 is 27.7 Å².